The lowest BCUT2D eigenvalue weighted by Crippen LogP contribution is -2.30. The van der Waals surface area contributed by atoms with E-state index in [1.807, 2.05) is 11.8 Å². The molecule has 3 rings (SSSR count). The van der Waals surface area contributed by atoms with Gasteiger partial charge in [-0.1, -0.05) is 43.4 Å². The number of fused-ring (bicyclic) bond motifs is 1. The maximum absolute atomic E-state index is 5.63. The molecule has 0 saturated heterocycles. The van der Waals surface area contributed by atoms with Crippen molar-refractivity contribution in [2.75, 3.05) is 24.2 Å². The lowest BCUT2D eigenvalue weighted by molar-refractivity contribution is 0.869. The molecule has 0 amide bonds. The van der Waals surface area contributed by atoms with E-state index in [-0.39, 0.29) is 1.43 Å². The molecule has 3 N–H and O–H groups in total. The van der Waals surface area contributed by atoms with Crippen molar-refractivity contribution < 1.29 is 1.43 Å². The van der Waals surface area contributed by atoms with Crippen LogP contribution in [0.3, 0.4) is 0 Å². The molecule has 1 aliphatic rings. The van der Waals surface area contributed by atoms with Crippen LogP contribution in [0.4, 0.5) is 5.82 Å². The molecule has 3 nitrogen and oxygen atoms in total. The third kappa shape index (κ3) is 4.53. The van der Waals surface area contributed by atoms with Crippen molar-refractivity contribution >= 4 is 29.7 Å². The third-order valence-electron chi connectivity index (χ3n) is 4.10. The molecule has 0 unspecified atom stereocenters. The molecule has 25 heavy (non-hydrogen) atoms. The van der Waals surface area contributed by atoms with E-state index >= 15 is 0 Å². The average molecular weight is 354 g/mol. The summed E-state index contributed by atoms with van der Waals surface area (Å²) in [4.78, 5) is 6.20. The Bertz CT molecular complexity index is 860. The number of thioether (sulfide) groups is 1. The van der Waals surface area contributed by atoms with Crippen molar-refractivity contribution in [3.63, 3.8) is 0 Å². The van der Waals surface area contributed by atoms with Gasteiger partial charge in [0.2, 0.25) is 0 Å². The fraction of sp³-hybridized carbons (Fsp3) is 0.286. The Kier molecular flexibility index (Phi) is 6.31. The summed E-state index contributed by atoms with van der Waals surface area (Å²) in [5, 5.41) is 5.86. The van der Waals surface area contributed by atoms with Crippen LogP contribution in [0, 0.1) is 0 Å². The number of pyridine rings is 1. The summed E-state index contributed by atoms with van der Waals surface area (Å²) in [7, 11) is 0. The van der Waals surface area contributed by atoms with Crippen LogP contribution in [-0.2, 0) is 0 Å². The van der Waals surface area contributed by atoms with E-state index in [2.05, 4.69) is 66.9 Å². The predicted octanol–water partition coefficient (Wildman–Crippen LogP) is 3.39. The van der Waals surface area contributed by atoms with Gasteiger partial charge in [0.1, 0.15) is 5.82 Å². The normalized spacial score (nSPS) is 12.7. The fourth-order valence-corrected chi connectivity index (χ4v) is 3.50. The zero-order valence-electron chi connectivity index (χ0n) is 14.7. The number of nitrogens with zero attached hydrogens (tertiary/aromatic N) is 1. The molecule has 0 aliphatic heterocycles. The Balaban J connectivity index is 0.00000243. The molecule has 0 atom stereocenters. The monoisotopic (exact) mass is 353 g/mol. The second-order valence-corrected chi connectivity index (χ2v) is 7.26. The number of rotatable bonds is 7. The van der Waals surface area contributed by atoms with E-state index in [0.29, 0.717) is 6.54 Å². The minimum atomic E-state index is 0. The van der Waals surface area contributed by atoms with Crippen molar-refractivity contribution in [2.45, 2.75) is 24.7 Å². The Morgan fingerprint density at radius 2 is 2.12 bits per heavy atom. The Morgan fingerprint density at radius 1 is 1.28 bits per heavy atom. The molecule has 0 saturated carbocycles. The zero-order chi connectivity index (χ0) is 17.5. The molecule has 1 aromatic heterocycles. The van der Waals surface area contributed by atoms with Crippen LogP contribution in [0.25, 0.3) is 23.4 Å². The largest absolute Gasteiger partial charge is 0.369 e. The van der Waals surface area contributed by atoms with Crippen LogP contribution >= 0.6 is 11.8 Å². The molecular weight excluding hydrogens is 326 g/mol. The van der Waals surface area contributed by atoms with Crippen LogP contribution in [0.2, 0.25) is 0 Å². The van der Waals surface area contributed by atoms with Gasteiger partial charge in [-0.2, -0.15) is 0 Å². The summed E-state index contributed by atoms with van der Waals surface area (Å²) >= 11 is 1.86. The summed E-state index contributed by atoms with van der Waals surface area (Å²) in [5.74, 6) is 2.03. The number of anilines is 1. The first-order valence-corrected chi connectivity index (χ1v) is 9.85. The van der Waals surface area contributed by atoms with Gasteiger partial charge in [0, 0.05) is 23.6 Å². The summed E-state index contributed by atoms with van der Waals surface area (Å²) in [6.45, 7) is 3.69. The standard InChI is InChI=1S/C21H25N3S.H2/c1-2-25-18-11-9-16(10-12-18)20-15-17-7-4-3-5-8-19(17)21(24-20)23-14-6-13-22;/h3,5,7-12,15H,2,4,6,13-14,22H2,1H3,(H,23,24);1H. The maximum atomic E-state index is 5.63. The Morgan fingerprint density at radius 3 is 2.88 bits per heavy atom. The van der Waals surface area contributed by atoms with Gasteiger partial charge in [-0.15, -0.1) is 11.8 Å². The second-order valence-electron chi connectivity index (χ2n) is 5.92. The molecule has 2 aromatic rings. The molecule has 4 heteroatoms. The minimum Gasteiger partial charge on any atom is -0.369 e. The van der Waals surface area contributed by atoms with Crippen LogP contribution in [0.15, 0.2) is 47.4 Å². The van der Waals surface area contributed by atoms with E-state index in [9.17, 15) is 0 Å². The van der Waals surface area contributed by atoms with E-state index in [1.54, 1.807) is 0 Å². The van der Waals surface area contributed by atoms with E-state index < -0.39 is 0 Å². The Hall–Kier alpha value is -2.04. The first-order valence-electron chi connectivity index (χ1n) is 8.87. The van der Waals surface area contributed by atoms with E-state index in [1.165, 1.54) is 10.1 Å². The molecule has 1 aromatic carbocycles. The molecule has 0 fully saturated rings. The van der Waals surface area contributed by atoms with Gasteiger partial charge >= 0.3 is 0 Å². The fourth-order valence-electron chi connectivity index (χ4n) is 2.84. The molecule has 0 radical (unpaired) electrons. The summed E-state index contributed by atoms with van der Waals surface area (Å²) in [6.07, 6.45) is 10.6. The van der Waals surface area contributed by atoms with Gasteiger partial charge in [0.05, 0.1) is 5.69 Å². The van der Waals surface area contributed by atoms with Crippen LogP contribution < -0.4 is 21.5 Å². The van der Waals surface area contributed by atoms with Crippen molar-refractivity contribution in [2.24, 2.45) is 5.73 Å². The van der Waals surface area contributed by atoms with Crippen molar-refractivity contribution in [1.82, 2.24) is 4.98 Å². The van der Waals surface area contributed by atoms with Crippen LogP contribution in [-0.4, -0.2) is 23.8 Å². The van der Waals surface area contributed by atoms with Gasteiger partial charge in [-0.05, 0) is 48.6 Å². The first kappa shape index (κ1) is 17.8. The lowest BCUT2D eigenvalue weighted by Gasteiger charge is -2.10. The number of nitrogens with two attached hydrogens (primary N) is 1. The van der Waals surface area contributed by atoms with Gasteiger partial charge in [0.15, 0.2) is 0 Å². The molecule has 0 bridgehead atoms. The molecular formula is C21H27N3S. The highest BCUT2D eigenvalue weighted by atomic mass is 32.2. The molecule has 0 spiro atoms. The molecule has 1 aliphatic carbocycles. The van der Waals surface area contributed by atoms with Gasteiger partial charge < -0.3 is 11.1 Å². The van der Waals surface area contributed by atoms with E-state index in [4.69, 9.17) is 10.7 Å². The number of nitrogens with one attached hydrogen (secondary N) is 1. The number of aromatic nitrogens is 1. The SMILES string of the molecule is CCSc1ccc(-c2cc3c(c(NCCCN)n2)=CC=CCC=3)cc1.[HH]. The third-order valence-corrected chi connectivity index (χ3v) is 4.99. The number of hydrogen-bond donors (Lipinski definition) is 2. The highest BCUT2D eigenvalue weighted by molar-refractivity contribution is 7.99. The predicted molar refractivity (Wildman–Crippen MR) is 112 cm³/mol. The van der Waals surface area contributed by atoms with Gasteiger partial charge in [-0.3, -0.25) is 0 Å². The number of benzene rings is 1. The van der Waals surface area contributed by atoms with Crippen LogP contribution in [0.1, 0.15) is 21.2 Å². The Labute approximate surface area is 155 Å². The quantitative estimate of drug-likeness (QED) is 0.592. The first-order chi connectivity index (χ1) is 12.3. The summed E-state index contributed by atoms with van der Waals surface area (Å²) < 4.78 is 0. The lowest BCUT2D eigenvalue weighted by atomic mass is 10.1. The highest BCUT2D eigenvalue weighted by Gasteiger charge is 2.06. The zero-order valence-corrected chi connectivity index (χ0v) is 15.5. The maximum Gasteiger partial charge on any atom is 0.134 e. The number of hydrogen-bond acceptors (Lipinski definition) is 4. The van der Waals surface area contributed by atoms with Crippen molar-refractivity contribution in [3.8, 4) is 11.3 Å². The second kappa shape index (κ2) is 8.88. The highest BCUT2D eigenvalue weighted by Crippen LogP contribution is 2.22. The van der Waals surface area contributed by atoms with Crippen LogP contribution in [0.5, 0.6) is 0 Å². The van der Waals surface area contributed by atoms with Gasteiger partial charge in [-0.25, -0.2) is 4.98 Å². The number of allylic oxidation sites excluding steroid dienone is 2. The van der Waals surface area contributed by atoms with E-state index in [0.717, 1.165) is 47.4 Å². The molecule has 132 valence electrons. The topological polar surface area (TPSA) is 50.9 Å². The summed E-state index contributed by atoms with van der Waals surface area (Å²) in [5.41, 5.74) is 7.78. The van der Waals surface area contributed by atoms with Crippen molar-refractivity contribution in [3.05, 3.63) is 52.9 Å². The van der Waals surface area contributed by atoms with Crippen molar-refractivity contribution in [1.29, 1.82) is 0 Å². The molecule has 1 heterocycles. The minimum absolute atomic E-state index is 0. The average Bonchev–Trinajstić information content (AvgIpc) is 2.88. The van der Waals surface area contributed by atoms with Gasteiger partial charge in [0.25, 0.3) is 0 Å². The summed E-state index contributed by atoms with van der Waals surface area (Å²) in [6, 6.07) is 10.9. The smallest absolute Gasteiger partial charge is 0.134 e.